The summed E-state index contributed by atoms with van der Waals surface area (Å²) in [6.45, 7) is 6.78. The lowest BCUT2D eigenvalue weighted by molar-refractivity contribution is -0.255. The van der Waals surface area contributed by atoms with Crippen molar-refractivity contribution >= 4 is 17.6 Å². The normalized spacial score (nSPS) is 11.1. The van der Waals surface area contributed by atoms with Crippen molar-refractivity contribution in [1.82, 2.24) is 9.88 Å². The summed E-state index contributed by atoms with van der Waals surface area (Å²) in [4.78, 5) is 11.8. The molecule has 3 aromatic rings. The molecule has 0 aliphatic carbocycles. The van der Waals surface area contributed by atoms with Crippen LogP contribution in [0.4, 0.5) is 4.39 Å². The molecule has 30 heavy (non-hydrogen) atoms. The van der Waals surface area contributed by atoms with Crippen LogP contribution in [-0.4, -0.2) is 10.5 Å². The summed E-state index contributed by atoms with van der Waals surface area (Å²) in [6.07, 6.45) is 0.987. The highest BCUT2D eigenvalue weighted by Crippen LogP contribution is 2.26. The number of halogens is 2. The van der Waals surface area contributed by atoms with Crippen molar-refractivity contribution < 1.29 is 14.3 Å². The molecule has 0 saturated heterocycles. The van der Waals surface area contributed by atoms with E-state index in [0.29, 0.717) is 34.9 Å². The van der Waals surface area contributed by atoms with E-state index >= 15 is 0 Å². The predicted octanol–water partition coefficient (Wildman–Crippen LogP) is 4.16. The second-order valence-electron chi connectivity index (χ2n) is 7.37. The number of aromatic nitrogens is 1. The van der Waals surface area contributed by atoms with Crippen molar-refractivity contribution in [2.75, 3.05) is 0 Å². The van der Waals surface area contributed by atoms with Crippen LogP contribution in [0.3, 0.4) is 0 Å². The lowest BCUT2D eigenvalue weighted by atomic mass is 10.1. The van der Waals surface area contributed by atoms with Gasteiger partial charge >= 0.3 is 0 Å². The number of carboxylic acid groups (broad SMARTS) is 1. The van der Waals surface area contributed by atoms with Gasteiger partial charge in [0, 0.05) is 40.6 Å². The molecule has 6 heteroatoms. The number of aromatic carboxylic acids is 1. The molecule has 3 rings (SSSR count). The minimum atomic E-state index is -1.24. The first-order valence-corrected chi connectivity index (χ1v) is 10.3. The third-order valence-corrected chi connectivity index (χ3v) is 5.91. The minimum absolute atomic E-state index is 0.147. The average Bonchev–Trinajstić information content (AvgIpc) is 2.95. The van der Waals surface area contributed by atoms with Crippen LogP contribution in [0.15, 0.2) is 42.5 Å². The van der Waals surface area contributed by atoms with Crippen LogP contribution in [0.2, 0.25) is 5.02 Å². The van der Waals surface area contributed by atoms with E-state index in [9.17, 15) is 14.3 Å². The Kier molecular flexibility index (Phi) is 6.95. The van der Waals surface area contributed by atoms with Crippen molar-refractivity contribution in [1.29, 1.82) is 0 Å². The van der Waals surface area contributed by atoms with Gasteiger partial charge < -0.3 is 19.8 Å². The highest BCUT2D eigenvalue weighted by Gasteiger charge is 2.20. The fourth-order valence-electron chi connectivity index (χ4n) is 3.74. The molecule has 0 atom stereocenters. The fraction of sp³-hybridized carbons (Fsp3) is 0.292. The van der Waals surface area contributed by atoms with Gasteiger partial charge in [-0.05, 0) is 49.1 Å². The van der Waals surface area contributed by atoms with Gasteiger partial charge in [-0.2, -0.15) is 0 Å². The maximum Gasteiger partial charge on any atom is 0.129 e. The SMILES string of the molecule is CCc1ccc(CNCc2c(C(=O)[O-])c(C)n(Cc3c(F)cccc3Cl)c2C)cc1. The highest BCUT2D eigenvalue weighted by atomic mass is 35.5. The molecule has 1 heterocycles. The molecular formula is C24H25ClFN2O2-. The summed E-state index contributed by atoms with van der Waals surface area (Å²) in [6, 6.07) is 12.8. The van der Waals surface area contributed by atoms with Crippen molar-refractivity contribution in [2.24, 2.45) is 0 Å². The largest absolute Gasteiger partial charge is 0.545 e. The summed E-state index contributed by atoms with van der Waals surface area (Å²) in [5, 5.41) is 15.5. The molecule has 0 radical (unpaired) electrons. The zero-order chi connectivity index (χ0) is 21.8. The summed E-state index contributed by atoms with van der Waals surface area (Å²) in [5.74, 6) is -1.65. The van der Waals surface area contributed by atoms with Crippen LogP contribution >= 0.6 is 11.6 Å². The van der Waals surface area contributed by atoms with Gasteiger partial charge in [-0.3, -0.25) is 0 Å². The first-order chi connectivity index (χ1) is 14.3. The molecule has 4 nitrogen and oxygen atoms in total. The quantitative estimate of drug-likeness (QED) is 0.587. The molecule has 0 fully saturated rings. The second kappa shape index (κ2) is 9.45. The number of aryl methyl sites for hydroxylation is 1. The molecule has 0 saturated carbocycles. The van der Waals surface area contributed by atoms with Gasteiger partial charge in [0.05, 0.1) is 12.5 Å². The van der Waals surface area contributed by atoms with Crippen LogP contribution in [0.25, 0.3) is 0 Å². The molecule has 1 N–H and O–H groups in total. The molecule has 0 unspecified atom stereocenters. The standard InChI is InChI=1S/C24H26ClFN2O2/c1-4-17-8-10-18(11-9-17)12-27-13-19-15(2)28(16(3)23(19)24(29)30)14-20-21(25)6-5-7-22(20)26/h5-11,27H,4,12-14H2,1-3H3,(H,29,30)/p-1. The summed E-state index contributed by atoms with van der Waals surface area (Å²) >= 11 is 6.17. The smallest absolute Gasteiger partial charge is 0.129 e. The summed E-state index contributed by atoms with van der Waals surface area (Å²) in [7, 11) is 0. The third-order valence-electron chi connectivity index (χ3n) is 5.55. The Labute approximate surface area is 181 Å². The Morgan fingerprint density at radius 3 is 2.30 bits per heavy atom. The van der Waals surface area contributed by atoms with E-state index in [4.69, 9.17) is 11.6 Å². The van der Waals surface area contributed by atoms with Crippen molar-refractivity contribution in [3.63, 3.8) is 0 Å². The molecule has 0 amide bonds. The van der Waals surface area contributed by atoms with Crippen LogP contribution in [0.1, 0.15) is 50.9 Å². The molecule has 0 spiro atoms. The Bertz CT molecular complexity index is 1040. The molecule has 158 valence electrons. The van der Waals surface area contributed by atoms with Crippen LogP contribution in [0, 0.1) is 19.7 Å². The number of carbonyl (C=O) groups is 1. The number of carboxylic acids is 1. The van der Waals surface area contributed by atoms with E-state index in [2.05, 4.69) is 36.5 Å². The highest BCUT2D eigenvalue weighted by molar-refractivity contribution is 6.31. The van der Waals surface area contributed by atoms with Gasteiger partial charge in [-0.25, -0.2) is 4.39 Å². The van der Waals surface area contributed by atoms with Crippen LogP contribution in [-0.2, 0) is 26.1 Å². The Balaban J connectivity index is 1.85. The maximum absolute atomic E-state index is 14.3. The summed E-state index contributed by atoms with van der Waals surface area (Å²) < 4.78 is 16.1. The molecule has 0 bridgehead atoms. The Morgan fingerprint density at radius 2 is 1.70 bits per heavy atom. The topological polar surface area (TPSA) is 57.1 Å². The number of hydrogen-bond donors (Lipinski definition) is 1. The minimum Gasteiger partial charge on any atom is -0.545 e. The van der Waals surface area contributed by atoms with E-state index in [0.717, 1.165) is 17.7 Å². The van der Waals surface area contributed by atoms with E-state index in [-0.39, 0.29) is 12.1 Å². The van der Waals surface area contributed by atoms with Gasteiger partial charge in [0.2, 0.25) is 0 Å². The van der Waals surface area contributed by atoms with Crippen molar-refractivity contribution in [3.8, 4) is 0 Å². The van der Waals surface area contributed by atoms with Gasteiger partial charge in [-0.15, -0.1) is 0 Å². The van der Waals surface area contributed by atoms with E-state index in [1.54, 1.807) is 23.6 Å². The lowest BCUT2D eigenvalue weighted by Crippen LogP contribution is -2.25. The second-order valence-corrected chi connectivity index (χ2v) is 7.78. The fourth-order valence-corrected chi connectivity index (χ4v) is 3.96. The Morgan fingerprint density at radius 1 is 1.03 bits per heavy atom. The number of hydrogen-bond acceptors (Lipinski definition) is 3. The van der Waals surface area contributed by atoms with Gasteiger partial charge in [0.25, 0.3) is 0 Å². The number of carbonyl (C=O) groups excluding carboxylic acids is 1. The van der Waals surface area contributed by atoms with Crippen LogP contribution in [0.5, 0.6) is 0 Å². The number of nitrogens with one attached hydrogen (secondary N) is 1. The maximum atomic E-state index is 14.3. The van der Waals surface area contributed by atoms with Gasteiger partial charge in [0.1, 0.15) is 5.82 Å². The molecular weight excluding hydrogens is 403 g/mol. The number of rotatable bonds is 8. The predicted molar refractivity (Wildman–Crippen MR) is 115 cm³/mol. The van der Waals surface area contributed by atoms with Crippen molar-refractivity contribution in [2.45, 2.75) is 46.8 Å². The summed E-state index contributed by atoms with van der Waals surface area (Å²) in [5.41, 5.74) is 4.79. The molecule has 1 aromatic heterocycles. The van der Waals surface area contributed by atoms with E-state index < -0.39 is 11.8 Å². The zero-order valence-electron chi connectivity index (χ0n) is 17.4. The average molecular weight is 428 g/mol. The van der Waals surface area contributed by atoms with Crippen LogP contribution < -0.4 is 10.4 Å². The van der Waals surface area contributed by atoms with E-state index in [1.165, 1.54) is 11.6 Å². The third kappa shape index (κ3) is 4.58. The first-order valence-electron chi connectivity index (χ1n) is 9.94. The number of nitrogens with zero attached hydrogens (tertiary/aromatic N) is 1. The van der Waals surface area contributed by atoms with E-state index in [1.807, 2.05) is 6.92 Å². The molecule has 0 aliphatic rings. The zero-order valence-corrected chi connectivity index (χ0v) is 18.1. The van der Waals surface area contributed by atoms with Crippen molar-refractivity contribution in [3.05, 3.63) is 92.5 Å². The lowest BCUT2D eigenvalue weighted by Gasteiger charge is -2.12. The molecule has 0 aliphatic heterocycles. The first kappa shape index (κ1) is 22.1. The monoisotopic (exact) mass is 427 g/mol. The number of benzene rings is 2. The van der Waals surface area contributed by atoms with Gasteiger partial charge in [-0.1, -0.05) is 48.9 Å². The Hall–Kier alpha value is -2.63. The van der Waals surface area contributed by atoms with Gasteiger partial charge in [0.15, 0.2) is 0 Å². The molecule has 2 aromatic carbocycles.